The molecule has 0 bridgehead atoms. The summed E-state index contributed by atoms with van der Waals surface area (Å²) in [5.41, 5.74) is 1.48. The summed E-state index contributed by atoms with van der Waals surface area (Å²) in [6.07, 6.45) is 0.220. The molecule has 26 heavy (non-hydrogen) atoms. The molecule has 2 heterocycles. The number of carbonyl (C=O) groups is 4. The topological polar surface area (TPSA) is 74.8 Å². The highest BCUT2D eigenvalue weighted by Gasteiger charge is 2.48. The molecule has 0 radical (unpaired) electrons. The third kappa shape index (κ3) is 3.36. The molecular weight excluding hydrogens is 468 g/mol. The molecule has 2 saturated heterocycles. The van der Waals surface area contributed by atoms with Crippen LogP contribution in [0, 0.1) is 0 Å². The quantitative estimate of drug-likeness (QED) is 0.485. The Morgan fingerprint density at radius 3 is 1.42 bits per heavy atom. The van der Waals surface area contributed by atoms with E-state index in [1.165, 1.54) is 9.80 Å². The summed E-state index contributed by atoms with van der Waals surface area (Å²) in [6.45, 7) is 3.60. The van der Waals surface area contributed by atoms with Gasteiger partial charge < -0.3 is 0 Å². The Bertz CT molecular complexity index is 752. The van der Waals surface area contributed by atoms with E-state index in [1.807, 2.05) is 0 Å². The van der Waals surface area contributed by atoms with Crippen molar-refractivity contribution in [3.05, 3.63) is 35.4 Å². The van der Waals surface area contributed by atoms with Gasteiger partial charge in [-0.05, 0) is 25.0 Å². The zero-order valence-corrected chi connectivity index (χ0v) is 17.6. The van der Waals surface area contributed by atoms with Crippen molar-refractivity contribution in [3.8, 4) is 0 Å². The number of rotatable bonds is 4. The van der Waals surface area contributed by atoms with Crippen LogP contribution in [0.1, 0.15) is 37.8 Å². The van der Waals surface area contributed by atoms with E-state index in [2.05, 4.69) is 31.9 Å². The summed E-state index contributed by atoms with van der Waals surface area (Å²) >= 11 is 6.61. The fraction of sp³-hybridized carbons (Fsp3) is 0.444. The third-order valence-electron chi connectivity index (χ3n) is 4.73. The lowest BCUT2D eigenvalue weighted by Gasteiger charge is -2.21. The number of benzene rings is 1. The van der Waals surface area contributed by atoms with Gasteiger partial charge in [-0.3, -0.25) is 29.0 Å². The van der Waals surface area contributed by atoms with Gasteiger partial charge in [0.25, 0.3) is 0 Å². The Morgan fingerprint density at radius 2 is 1.15 bits per heavy atom. The van der Waals surface area contributed by atoms with Gasteiger partial charge in [-0.25, -0.2) is 0 Å². The largest absolute Gasteiger partial charge is 0.277 e. The van der Waals surface area contributed by atoms with Crippen molar-refractivity contribution in [2.75, 3.05) is 0 Å². The van der Waals surface area contributed by atoms with Crippen LogP contribution in [0.2, 0.25) is 0 Å². The molecule has 4 amide bonds. The summed E-state index contributed by atoms with van der Waals surface area (Å²) in [4.78, 5) is 51.7. The van der Waals surface area contributed by atoms with E-state index in [4.69, 9.17) is 0 Å². The first-order valence-corrected chi connectivity index (χ1v) is 9.76. The van der Waals surface area contributed by atoms with E-state index >= 15 is 0 Å². The summed E-state index contributed by atoms with van der Waals surface area (Å²) in [7, 11) is 0. The molecule has 2 aliphatic heterocycles. The van der Waals surface area contributed by atoms with Crippen LogP contribution < -0.4 is 0 Å². The summed E-state index contributed by atoms with van der Waals surface area (Å²) in [5, 5.41) is 0. The highest BCUT2D eigenvalue weighted by molar-refractivity contribution is 9.10. The minimum absolute atomic E-state index is 0.110. The van der Waals surface area contributed by atoms with Crippen molar-refractivity contribution in [3.63, 3.8) is 0 Å². The molecule has 2 unspecified atom stereocenters. The van der Waals surface area contributed by atoms with Crippen LogP contribution >= 0.6 is 31.9 Å². The lowest BCUT2D eigenvalue weighted by Crippen LogP contribution is -2.36. The van der Waals surface area contributed by atoms with E-state index in [0.717, 1.165) is 11.1 Å². The first-order chi connectivity index (χ1) is 12.0. The molecule has 138 valence electrons. The van der Waals surface area contributed by atoms with Gasteiger partial charge in [0.05, 0.1) is 25.9 Å². The summed E-state index contributed by atoms with van der Waals surface area (Å²) in [6, 6.07) is 7.22. The van der Waals surface area contributed by atoms with Crippen LogP contribution in [0.25, 0.3) is 0 Å². The molecular formula is C18H18Br2N2O4. The Morgan fingerprint density at radius 1 is 0.808 bits per heavy atom. The lowest BCUT2D eigenvalue weighted by molar-refractivity contribution is -0.141. The van der Waals surface area contributed by atoms with Crippen molar-refractivity contribution < 1.29 is 19.2 Å². The maximum Gasteiger partial charge on any atom is 0.246 e. The molecule has 2 atom stereocenters. The van der Waals surface area contributed by atoms with E-state index in [0.29, 0.717) is 0 Å². The number of likely N-dealkylation sites (tertiary alicyclic amines) is 2. The second-order valence-corrected chi connectivity index (χ2v) is 10.6. The van der Waals surface area contributed by atoms with Crippen LogP contribution in [0.15, 0.2) is 24.3 Å². The van der Waals surface area contributed by atoms with Gasteiger partial charge in [-0.1, -0.05) is 56.1 Å². The standard InChI is InChI=1S/C18H18Br2N2O4/c1-17(19)7-13(23)21(15(17)25)9-11-5-3-4-6-12(11)10-22-14(24)8-18(2,20)16(22)26/h3-6H,7-10H2,1-2H3. The van der Waals surface area contributed by atoms with Gasteiger partial charge in [0.1, 0.15) is 8.65 Å². The predicted molar refractivity (Wildman–Crippen MR) is 101 cm³/mol. The minimum Gasteiger partial charge on any atom is -0.277 e. The van der Waals surface area contributed by atoms with Gasteiger partial charge in [0.2, 0.25) is 23.6 Å². The number of amides is 4. The number of alkyl halides is 2. The first-order valence-electron chi connectivity index (χ1n) is 8.17. The monoisotopic (exact) mass is 484 g/mol. The number of hydrogen-bond donors (Lipinski definition) is 0. The van der Waals surface area contributed by atoms with Crippen LogP contribution in [0.5, 0.6) is 0 Å². The van der Waals surface area contributed by atoms with Gasteiger partial charge >= 0.3 is 0 Å². The van der Waals surface area contributed by atoms with Crippen molar-refractivity contribution in [1.82, 2.24) is 9.80 Å². The third-order valence-corrected chi connectivity index (χ3v) is 5.97. The summed E-state index contributed by atoms with van der Waals surface area (Å²) in [5.74, 6) is -1.05. The van der Waals surface area contributed by atoms with Gasteiger partial charge in [0, 0.05) is 0 Å². The molecule has 1 aromatic rings. The smallest absolute Gasteiger partial charge is 0.246 e. The van der Waals surface area contributed by atoms with E-state index < -0.39 is 8.65 Å². The molecule has 2 fully saturated rings. The number of hydrogen-bond acceptors (Lipinski definition) is 4. The Hall–Kier alpha value is -1.54. The van der Waals surface area contributed by atoms with E-state index in [-0.39, 0.29) is 49.6 Å². The SMILES string of the molecule is CC1(Br)CC(=O)N(Cc2ccccc2CN2C(=O)CC(C)(Br)C2=O)C1=O. The maximum absolute atomic E-state index is 12.4. The minimum atomic E-state index is -0.877. The van der Waals surface area contributed by atoms with Crippen LogP contribution in [-0.4, -0.2) is 42.1 Å². The molecule has 0 spiro atoms. The van der Waals surface area contributed by atoms with Crippen molar-refractivity contribution >= 4 is 55.5 Å². The van der Waals surface area contributed by atoms with Gasteiger partial charge in [0.15, 0.2) is 0 Å². The Labute approximate surface area is 168 Å². The lowest BCUT2D eigenvalue weighted by atomic mass is 10.1. The second-order valence-electron chi connectivity index (χ2n) is 7.09. The van der Waals surface area contributed by atoms with Gasteiger partial charge in [-0.15, -0.1) is 0 Å². The summed E-state index contributed by atoms with van der Waals surface area (Å²) < 4.78 is -1.75. The van der Waals surface area contributed by atoms with Crippen LogP contribution in [0.3, 0.4) is 0 Å². The number of imide groups is 2. The molecule has 8 heteroatoms. The van der Waals surface area contributed by atoms with Gasteiger partial charge in [-0.2, -0.15) is 0 Å². The molecule has 0 N–H and O–H groups in total. The maximum atomic E-state index is 12.4. The van der Waals surface area contributed by atoms with Crippen molar-refractivity contribution in [2.45, 2.75) is 48.4 Å². The molecule has 0 aromatic heterocycles. The first kappa shape index (κ1) is 19.2. The normalized spacial score (nSPS) is 29.2. The van der Waals surface area contributed by atoms with Crippen molar-refractivity contribution in [1.29, 1.82) is 0 Å². The van der Waals surface area contributed by atoms with Crippen LogP contribution in [0.4, 0.5) is 0 Å². The fourth-order valence-corrected chi connectivity index (χ4v) is 4.13. The van der Waals surface area contributed by atoms with Crippen molar-refractivity contribution in [2.24, 2.45) is 0 Å². The molecule has 3 rings (SSSR count). The second kappa shape index (κ2) is 6.56. The number of carbonyl (C=O) groups excluding carboxylic acids is 4. The fourth-order valence-electron chi connectivity index (χ4n) is 3.23. The zero-order chi connectivity index (χ0) is 19.3. The average Bonchev–Trinajstić information content (AvgIpc) is 2.85. The highest BCUT2D eigenvalue weighted by Crippen LogP contribution is 2.35. The Balaban J connectivity index is 1.84. The predicted octanol–water partition coefficient (Wildman–Crippen LogP) is 2.51. The zero-order valence-electron chi connectivity index (χ0n) is 14.4. The van der Waals surface area contributed by atoms with Crippen LogP contribution in [-0.2, 0) is 32.3 Å². The molecule has 1 aromatic carbocycles. The van der Waals surface area contributed by atoms with E-state index in [9.17, 15) is 19.2 Å². The highest BCUT2D eigenvalue weighted by atomic mass is 79.9. The molecule has 0 saturated carbocycles. The number of halogens is 2. The average molecular weight is 486 g/mol. The molecule has 2 aliphatic rings. The Kier molecular flexibility index (Phi) is 4.85. The number of nitrogens with zero attached hydrogens (tertiary/aromatic N) is 2. The molecule has 6 nitrogen and oxygen atoms in total. The van der Waals surface area contributed by atoms with E-state index in [1.54, 1.807) is 38.1 Å². The molecule has 0 aliphatic carbocycles.